The molecule has 0 amide bonds. The van der Waals surface area contributed by atoms with Crippen LogP contribution in [0.5, 0.6) is 0 Å². The molecule has 0 N–H and O–H groups in total. The van der Waals surface area contributed by atoms with Gasteiger partial charge in [0, 0.05) is 13.2 Å². The van der Waals surface area contributed by atoms with Gasteiger partial charge in [-0.05, 0) is 110 Å². The minimum Gasteiger partial charge on any atom is -0.463 e. The van der Waals surface area contributed by atoms with E-state index in [2.05, 4.69) is 74.4 Å². The van der Waals surface area contributed by atoms with E-state index < -0.39 is 0 Å². The van der Waals surface area contributed by atoms with Crippen LogP contribution in [0, 0.1) is 5.92 Å². The van der Waals surface area contributed by atoms with Crippen molar-refractivity contribution in [1.29, 1.82) is 0 Å². The first-order valence-electron chi connectivity index (χ1n) is 23.0. The summed E-state index contributed by atoms with van der Waals surface area (Å²) in [5, 5.41) is 0. The number of rotatable bonds is 35. The number of esters is 1. The zero-order chi connectivity index (χ0) is 38.6. The summed E-state index contributed by atoms with van der Waals surface area (Å²) in [7, 11) is 2.11. The van der Waals surface area contributed by atoms with Crippen LogP contribution < -0.4 is 0 Å². The summed E-state index contributed by atoms with van der Waals surface area (Å²) in [5.41, 5.74) is 0. The fourth-order valence-electron chi connectivity index (χ4n) is 7.31. The first-order chi connectivity index (χ1) is 26.7. The van der Waals surface area contributed by atoms with Crippen molar-refractivity contribution in [2.75, 3.05) is 46.6 Å². The molecule has 54 heavy (non-hydrogen) atoms. The smallest absolute Gasteiger partial charge is 0.309 e. The molecule has 312 valence electrons. The Hall–Kier alpha value is -1.73. The lowest BCUT2D eigenvalue weighted by atomic mass is 9.97. The van der Waals surface area contributed by atoms with Gasteiger partial charge in [-0.25, -0.2) is 0 Å². The average molecular weight is 756 g/mol. The third-order valence-corrected chi connectivity index (χ3v) is 11.0. The maximum Gasteiger partial charge on any atom is 0.309 e. The lowest BCUT2D eigenvalue weighted by Gasteiger charge is -2.28. The first kappa shape index (κ1) is 48.4. The number of hydrogen-bond acceptors (Lipinski definition) is 6. The number of carbonyl (C=O) groups is 1. The molecule has 2 heterocycles. The molecule has 2 aliphatic rings. The molecule has 0 radical (unpaired) electrons. The van der Waals surface area contributed by atoms with Crippen LogP contribution in [0.4, 0.5) is 0 Å². The summed E-state index contributed by atoms with van der Waals surface area (Å²) in [5.74, 6) is -0.0858. The van der Waals surface area contributed by atoms with Crippen LogP contribution >= 0.6 is 0 Å². The number of ether oxygens (including phenoxy) is 4. The highest BCUT2D eigenvalue weighted by molar-refractivity contribution is 5.72. The molecule has 6 nitrogen and oxygen atoms in total. The number of likely N-dealkylation sites (tertiary alicyclic amines) is 1. The van der Waals surface area contributed by atoms with Gasteiger partial charge in [-0.15, -0.1) is 0 Å². The zero-order valence-electron chi connectivity index (χ0n) is 35.5. The SMILES string of the molecule is CCCCC/C=C\C/C=C\CCCCCCCCOC1CO[C@H](COC(=O)C2CCN(C)CC2)[C@@H]1OCCCCCCCC/C=C\C/C=C\CCCCC. The van der Waals surface area contributed by atoms with E-state index in [1.807, 2.05) is 0 Å². The summed E-state index contributed by atoms with van der Waals surface area (Å²) in [4.78, 5) is 15.1. The Morgan fingerprint density at radius 1 is 0.593 bits per heavy atom. The maximum absolute atomic E-state index is 12.8. The van der Waals surface area contributed by atoms with Crippen LogP contribution in [0.25, 0.3) is 0 Å². The van der Waals surface area contributed by atoms with Crippen LogP contribution in [0.2, 0.25) is 0 Å². The van der Waals surface area contributed by atoms with Gasteiger partial charge in [-0.2, -0.15) is 0 Å². The monoisotopic (exact) mass is 756 g/mol. The second-order valence-electron chi connectivity index (χ2n) is 16.0. The number of hydrogen-bond donors (Lipinski definition) is 0. The largest absolute Gasteiger partial charge is 0.463 e. The Morgan fingerprint density at radius 3 is 1.54 bits per heavy atom. The molecule has 2 fully saturated rings. The van der Waals surface area contributed by atoms with E-state index in [1.54, 1.807) is 0 Å². The van der Waals surface area contributed by atoms with Gasteiger partial charge in [-0.1, -0.05) is 140 Å². The van der Waals surface area contributed by atoms with E-state index in [0.717, 1.165) is 58.2 Å². The Kier molecular flexibility index (Phi) is 32.0. The molecule has 2 rings (SSSR count). The predicted octanol–water partition coefficient (Wildman–Crippen LogP) is 12.7. The highest BCUT2D eigenvalue weighted by atomic mass is 16.6. The molecule has 2 aliphatic heterocycles. The van der Waals surface area contributed by atoms with Crippen molar-refractivity contribution in [3.8, 4) is 0 Å². The van der Waals surface area contributed by atoms with Crippen molar-refractivity contribution in [1.82, 2.24) is 4.90 Å². The average Bonchev–Trinajstić information content (AvgIpc) is 3.57. The zero-order valence-corrected chi connectivity index (χ0v) is 35.5. The number of nitrogens with zero attached hydrogens (tertiary/aromatic N) is 1. The fourth-order valence-corrected chi connectivity index (χ4v) is 7.31. The Bertz CT molecular complexity index is 968. The molecule has 0 spiro atoms. The molecule has 3 atom stereocenters. The van der Waals surface area contributed by atoms with Crippen LogP contribution in [0.15, 0.2) is 48.6 Å². The normalized spacial score (nSPS) is 20.2. The van der Waals surface area contributed by atoms with Gasteiger partial charge in [0.2, 0.25) is 0 Å². The minimum atomic E-state index is -0.259. The molecule has 2 saturated heterocycles. The molecular weight excluding hydrogens is 671 g/mol. The summed E-state index contributed by atoms with van der Waals surface area (Å²) in [6.07, 6.45) is 49.5. The van der Waals surface area contributed by atoms with Gasteiger partial charge in [0.25, 0.3) is 0 Å². The Labute approximate surface area is 333 Å². The maximum atomic E-state index is 12.8. The first-order valence-corrected chi connectivity index (χ1v) is 23.0. The third-order valence-electron chi connectivity index (χ3n) is 11.0. The molecule has 0 aromatic rings. The second-order valence-corrected chi connectivity index (χ2v) is 16.0. The van der Waals surface area contributed by atoms with Gasteiger partial charge < -0.3 is 23.8 Å². The van der Waals surface area contributed by atoms with Crippen molar-refractivity contribution in [2.24, 2.45) is 5.92 Å². The van der Waals surface area contributed by atoms with Crippen molar-refractivity contribution >= 4 is 5.97 Å². The van der Waals surface area contributed by atoms with Crippen molar-refractivity contribution < 1.29 is 23.7 Å². The van der Waals surface area contributed by atoms with Crippen molar-refractivity contribution in [2.45, 2.75) is 199 Å². The fraction of sp³-hybridized carbons (Fsp3) is 0.812. The van der Waals surface area contributed by atoms with E-state index in [1.165, 1.54) is 128 Å². The van der Waals surface area contributed by atoms with E-state index in [9.17, 15) is 4.79 Å². The van der Waals surface area contributed by atoms with Gasteiger partial charge in [0.05, 0.1) is 12.5 Å². The Balaban J connectivity index is 1.59. The highest BCUT2D eigenvalue weighted by Crippen LogP contribution is 2.24. The van der Waals surface area contributed by atoms with Crippen LogP contribution in [0.1, 0.15) is 181 Å². The van der Waals surface area contributed by atoms with E-state index in [-0.39, 0.29) is 36.8 Å². The van der Waals surface area contributed by atoms with Gasteiger partial charge in [0.15, 0.2) is 0 Å². The summed E-state index contributed by atoms with van der Waals surface area (Å²) >= 11 is 0. The number of unbranched alkanes of at least 4 members (excludes halogenated alkanes) is 18. The van der Waals surface area contributed by atoms with Crippen LogP contribution in [-0.2, 0) is 23.7 Å². The number of allylic oxidation sites excluding steroid dienone is 8. The third kappa shape index (κ3) is 26.2. The summed E-state index contributed by atoms with van der Waals surface area (Å²) in [6, 6.07) is 0. The lowest BCUT2D eigenvalue weighted by molar-refractivity contribution is -0.156. The standard InChI is InChI=1S/C48H85NO5/c1-4-6-8-10-12-14-16-18-20-22-24-26-28-30-32-34-40-51-45-42-53-46(43-54-48(50)44-36-38-49(3)39-37-44)47(45)52-41-35-33-31-29-27-25-23-21-19-17-15-13-11-9-7-5-2/h12-15,18-21,44-47H,4-11,16-17,22-43H2,1-3H3/b14-12-,15-13-,20-18-,21-19-/t45?,46-,47-/m1/s1. The summed E-state index contributed by atoms with van der Waals surface area (Å²) in [6.45, 7) is 8.61. The molecule has 0 bridgehead atoms. The topological polar surface area (TPSA) is 57.2 Å². The molecule has 6 heteroatoms. The molecule has 0 aromatic carbocycles. The molecular formula is C48H85NO5. The lowest BCUT2D eigenvalue weighted by Crippen LogP contribution is -2.39. The van der Waals surface area contributed by atoms with Crippen LogP contribution in [-0.4, -0.2) is 75.7 Å². The predicted molar refractivity (Wildman–Crippen MR) is 229 cm³/mol. The van der Waals surface area contributed by atoms with E-state index in [0.29, 0.717) is 13.2 Å². The second kappa shape index (κ2) is 35.7. The van der Waals surface area contributed by atoms with Crippen molar-refractivity contribution in [3.05, 3.63) is 48.6 Å². The molecule has 0 aliphatic carbocycles. The Morgan fingerprint density at radius 2 is 1.04 bits per heavy atom. The molecule has 1 unspecified atom stereocenters. The van der Waals surface area contributed by atoms with E-state index in [4.69, 9.17) is 18.9 Å². The number of carbonyl (C=O) groups excluding carboxylic acids is 1. The molecule has 0 aromatic heterocycles. The van der Waals surface area contributed by atoms with Crippen LogP contribution in [0.3, 0.4) is 0 Å². The highest BCUT2D eigenvalue weighted by Gasteiger charge is 2.40. The van der Waals surface area contributed by atoms with Gasteiger partial charge >= 0.3 is 5.97 Å². The number of piperidine rings is 1. The molecule has 0 saturated carbocycles. The van der Waals surface area contributed by atoms with Gasteiger partial charge in [-0.3, -0.25) is 4.79 Å². The van der Waals surface area contributed by atoms with Crippen molar-refractivity contribution in [3.63, 3.8) is 0 Å². The van der Waals surface area contributed by atoms with Gasteiger partial charge in [0.1, 0.15) is 24.9 Å². The van der Waals surface area contributed by atoms with E-state index >= 15 is 0 Å². The minimum absolute atomic E-state index is 0.00362. The quantitative estimate of drug-likeness (QED) is 0.0365. The summed E-state index contributed by atoms with van der Waals surface area (Å²) < 4.78 is 24.8.